The van der Waals surface area contributed by atoms with Crippen LogP contribution in [0.3, 0.4) is 0 Å². The second kappa shape index (κ2) is 6.10. The summed E-state index contributed by atoms with van der Waals surface area (Å²) in [5, 5.41) is 0.431. The van der Waals surface area contributed by atoms with Gasteiger partial charge in [0, 0.05) is 10.6 Å². The van der Waals surface area contributed by atoms with E-state index < -0.39 is 6.04 Å². The number of benzene rings is 2. The molecule has 0 bridgehead atoms. The van der Waals surface area contributed by atoms with Gasteiger partial charge in [-0.05, 0) is 36.2 Å². The van der Waals surface area contributed by atoms with Gasteiger partial charge in [-0.25, -0.2) is 8.78 Å². The molecule has 1 atom stereocenters. The molecule has 0 aliphatic rings. The largest absolute Gasteiger partial charge is 0.271 e. The van der Waals surface area contributed by atoms with Gasteiger partial charge in [-0.3, -0.25) is 11.3 Å². The smallest absolute Gasteiger partial charge is 0.128 e. The van der Waals surface area contributed by atoms with Gasteiger partial charge in [0.25, 0.3) is 0 Å². The fraction of sp³-hybridized carbons (Fsp3) is 0.143. The zero-order valence-corrected chi connectivity index (χ0v) is 10.8. The third-order valence-corrected chi connectivity index (χ3v) is 3.15. The minimum absolute atomic E-state index is 0.212. The molecular weight excluding hydrogens is 270 g/mol. The lowest BCUT2D eigenvalue weighted by molar-refractivity contribution is 0.499. The van der Waals surface area contributed by atoms with E-state index in [1.807, 2.05) is 0 Å². The van der Waals surface area contributed by atoms with E-state index in [-0.39, 0.29) is 18.1 Å². The van der Waals surface area contributed by atoms with Crippen LogP contribution >= 0.6 is 11.6 Å². The molecule has 0 saturated heterocycles. The molecule has 1 unspecified atom stereocenters. The van der Waals surface area contributed by atoms with Gasteiger partial charge in [-0.2, -0.15) is 0 Å². The van der Waals surface area contributed by atoms with Crippen molar-refractivity contribution in [2.75, 3.05) is 0 Å². The maximum absolute atomic E-state index is 13.7. The Morgan fingerprint density at radius 2 is 1.84 bits per heavy atom. The second-order valence-corrected chi connectivity index (χ2v) is 4.62. The molecule has 0 radical (unpaired) electrons. The summed E-state index contributed by atoms with van der Waals surface area (Å²) in [5.41, 5.74) is 3.29. The van der Waals surface area contributed by atoms with Gasteiger partial charge in [-0.1, -0.05) is 29.8 Å². The summed E-state index contributed by atoms with van der Waals surface area (Å²) in [5.74, 6) is 4.67. The van der Waals surface area contributed by atoms with Gasteiger partial charge in [-0.15, -0.1) is 0 Å². The van der Waals surface area contributed by atoms with Gasteiger partial charge in [0.05, 0.1) is 6.04 Å². The maximum Gasteiger partial charge on any atom is 0.128 e. The molecule has 2 rings (SSSR count). The molecule has 0 saturated carbocycles. The molecule has 5 heteroatoms. The van der Waals surface area contributed by atoms with Crippen molar-refractivity contribution < 1.29 is 8.78 Å². The highest BCUT2D eigenvalue weighted by Gasteiger charge is 2.16. The van der Waals surface area contributed by atoms with Crippen LogP contribution in [0, 0.1) is 11.6 Å². The predicted octanol–water partition coefficient (Wildman–Crippen LogP) is 3.37. The van der Waals surface area contributed by atoms with Crippen molar-refractivity contribution in [3.8, 4) is 0 Å². The van der Waals surface area contributed by atoms with Gasteiger partial charge in [0.2, 0.25) is 0 Å². The van der Waals surface area contributed by atoms with Crippen molar-refractivity contribution in [1.82, 2.24) is 5.43 Å². The maximum atomic E-state index is 13.7. The zero-order valence-electron chi connectivity index (χ0n) is 10.0. The summed E-state index contributed by atoms with van der Waals surface area (Å²) in [7, 11) is 0. The Balaban J connectivity index is 2.29. The molecule has 2 aromatic rings. The van der Waals surface area contributed by atoms with Crippen molar-refractivity contribution in [3.05, 3.63) is 70.2 Å². The van der Waals surface area contributed by atoms with Crippen molar-refractivity contribution >= 4 is 11.6 Å². The summed E-state index contributed by atoms with van der Waals surface area (Å²) in [6, 6.07) is 10.00. The van der Waals surface area contributed by atoms with E-state index in [0.29, 0.717) is 16.1 Å². The van der Waals surface area contributed by atoms with E-state index in [2.05, 4.69) is 5.43 Å². The molecule has 0 aromatic heterocycles. The third kappa shape index (κ3) is 3.29. The molecule has 3 N–H and O–H groups in total. The minimum atomic E-state index is -0.519. The lowest BCUT2D eigenvalue weighted by Crippen LogP contribution is -2.30. The van der Waals surface area contributed by atoms with Crippen LogP contribution in [0.2, 0.25) is 5.02 Å². The first kappa shape index (κ1) is 13.9. The quantitative estimate of drug-likeness (QED) is 0.666. The van der Waals surface area contributed by atoms with Crippen LogP contribution in [-0.4, -0.2) is 0 Å². The topological polar surface area (TPSA) is 38.0 Å². The van der Waals surface area contributed by atoms with Crippen LogP contribution in [0.4, 0.5) is 8.78 Å². The van der Waals surface area contributed by atoms with Crippen LogP contribution in [0.5, 0.6) is 0 Å². The Labute approximate surface area is 115 Å². The fourth-order valence-corrected chi connectivity index (χ4v) is 2.13. The zero-order chi connectivity index (χ0) is 13.8. The number of hydrazine groups is 1. The summed E-state index contributed by atoms with van der Waals surface area (Å²) in [6.45, 7) is 0. The number of rotatable bonds is 4. The van der Waals surface area contributed by atoms with Crippen LogP contribution in [0.25, 0.3) is 0 Å². The van der Waals surface area contributed by atoms with E-state index in [1.54, 1.807) is 18.2 Å². The Morgan fingerprint density at radius 1 is 1.11 bits per heavy atom. The highest BCUT2D eigenvalue weighted by molar-refractivity contribution is 6.30. The molecule has 19 heavy (non-hydrogen) atoms. The molecule has 100 valence electrons. The van der Waals surface area contributed by atoms with E-state index >= 15 is 0 Å². The van der Waals surface area contributed by atoms with Crippen LogP contribution in [0.1, 0.15) is 17.2 Å². The lowest BCUT2D eigenvalue weighted by atomic mass is 9.98. The molecule has 2 aromatic carbocycles. The fourth-order valence-electron chi connectivity index (χ4n) is 1.94. The number of nitrogens with one attached hydrogen (secondary N) is 1. The first-order valence-electron chi connectivity index (χ1n) is 5.76. The SMILES string of the molecule is NNC(Cc1cc(Cl)ccc1F)c1ccccc1F. The minimum Gasteiger partial charge on any atom is -0.271 e. The van der Waals surface area contributed by atoms with E-state index in [0.717, 1.165) is 0 Å². The van der Waals surface area contributed by atoms with Crippen molar-refractivity contribution in [2.45, 2.75) is 12.5 Å². The van der Waals surface area contributed by atoms with E-state index in [1.165, 1.54) is 24.3 Å². The Bertz CT molecular complexity index is 575. The van der Waals surface area contributed by atoms with Crippen LogP contribution < -0.4 is 11.3 Å². The molecule has 0 heterocycles. The summed E-state index contributed by atoms with van der Waals surface area (Å²) < 4.78 is 27.4. The van der Waals surface area contributed by atoms with Crippen molar-refractivity contribution in [1.29, 1.82) is 0 Å². The van der Waals surface area contributed by atoms with Crippen LogP contribution in [0.15, 0.2) is 42.5 Å². The van der Waals surface area contributed by atoms with Gasteiger partial charge in [0.15, 0.2) is 0 Å². The molecule has 0 spiro atoms. The average Bonchev–Trinajstić information content (AvgIpc) is 2.41. The average molecular weight is 283 g/mol. The molecular formula is C14H13ClF2N2. The Hall–Kier alpha value is -1.49. The monoisotopic (exact) mass is 282 g/mol. The second-order valence-electron chi connectivity index (χ2n) is 4.18. The van der Waals surface area contributed by atoms with E-state index in [9.17, 15) is 8.78 Å². The molecule has 0 fully saturated rings. The van der Waals surface area contributed by atoms with Crippen molar-refractivity contribution in [2.24, 2.45) is 5.84 Å². The summed E-state index contributed by atoms with van der Waals surface area (Å²) in [6.07, 6.45) is 0.212. The van der Waals surface area contributed by atoms with Gasteiger partial charge >= 0.3 is 0 Å². The number of nitrogens with two attached hydrogens (primary N) is 1. The Kier molecular flexibility index (Phi) is 4.47. The van der Waals surface area contributed by atoms with Gasteiger partial charge in [0.1, 0.15) is 11.6 Å². The van der Waals surface area contributed by atoms with Gasteiger partial charge < -0.3 is 0 Å². The first-order chi connectivity index (χ1) is 9.11. The lowest BCUT2D eigenvalue weighted by Gasteiger charge is -2.17. The molecule has 0 aliphatic carbocycles. The third-order valence-electron chi connectivity index (χ3n) is 2.91. The highest BCUT2D eigenvalue weighted by atomic mass is 35.5. The normalized spacial score (nSPS) is 12.4. The summed E-state index contributed by atoms with van der Waals surface area (Å²) >= 11 is 5.83. The van der Waals surface area contributed by atoms with Crippen LogP contribution in [-0.2, 0) is 6.42 Å². The number of hydrogen-bond donors (Lipinski definition) is 2. The number of halogens is 3. The van der Waals surface area contributed by atoms with Crippen molar-refractivity contribution in [3.63, 3.8) is 0 Å². The molecule has 2 nitrogen and oxygen atoms in total. The standard InChI is InChI=1S/C14H13ClF2N2/c15-10-5-6-12(16)9(7-10)8-14(19-18)11-3-1-2-4-13(11)17/h1-7,14,19H,8,18H2. The number of hydrogen-bond acceptors (Lipinski definition) is 2. The van der Waals surface area contributed by atoms with E-state index in [4.69, 9.17) is 17.4 Å². The molecule has 0 aliphatic heterocycles. The summed E-state index contributed by atoms with van der Waals surface area (Å²) in [4.78, 5) is 0. The first-order valence-corrected chi connectivity index (χ1v) is 6.14. The highest BCUT2D eigenvalue weighted by Crippen LogP contribution is 2.23. The molecule has 0 amide bonds. The Morgan fingerprint density at radius 3 is 2.53 bits per heavy atom. The predicted molar refractivity (Wildman–Crippen MR) is 71.6 cm³/mol.